The summed E-state index contributed by atoms with van der Waals surface area (Å²) < 4.78 is 28.6. The van der Waals surface area contributed by atoms with Gasteiger partial charge in [-0.2, -0.15) is 8.78 Å². The molecule has 0 spiro atoms. The van der Waals surface area contributed by atoms with Gasteiger partial charge in [0.1, 0.15) is 5.75 Å². The van der Waals surface area contributed by atoms with Crippen LogP contribution >= 0.6 is 0 Å². The van der Waals surface area contributed by atoms with Gasteiger partial charge < -0.3 is 4.74 Å². The molecule has 0 aliphatic carbocycles. The van der Waals surface area contributed by atoms with E-state index in [9.17, 15) is 8.78 Å². The molecule has 106 valence electrons. The van der Waals surface area contributed by atoms with Gasteiger partial charge in [-0.05, 0) is 47.0 Å². The highest BCUT2D eigenvalue weighted by Gasteiger charge is 2.05. The first-order chi connectivity index (χ1) is 10.1. The second-order valence-electron chi connectivity index (χ2n) is 4.97. The largest absolute Gasteiger partial charge is 0.435 e. The van der Waals surface area contributed by atoms with Crippen LogP contribution in [0.1, 0.15) is 5.56 Å². The van der Waals surface area contributed by atoms with E-state index in [0.29, 0.717) is 0 Å². The summed E-state index contributed by atoms with van der Waals surface area (Å²) in [4.78, 5) is 0. The molecule has 0 bridgehead atoms. The molecule has 1 nitrogen and oxygen atoms in total. The number of halogens is 2. The van der Waals surface area contributed by atoms with E-state index >= 15 is 0 Å². The highest BCUT2D eigenvalue weighted by Crippen LogP contribution is 2.27. The summed E-state index contributed by atoms with van der Waals surface area (Å²) in [5.41, 5.74) is 3.25. The third-order valence-electron chi connectivity index (χ3n) is 3.41. The second kappa shape index (κ2) is 5.52. The van der Waals surface area contributed by atoms with Crippen molar-refractivity contribution < 1.29 is 13.5 Å². The van der Waals surface area contributed by atoms with Gasteiger partial charge in [0.15, 0.2) is 0 Å². The predicted molar refractivity (Wildman–Crippen MR) is 80.8 cm³/mol. The maximum atomic E-state index is 12.1. The molecule has 0 N–H and O–H groups in total. The number of rotatable bonds is 3. The quantitative estimate of drug-likeness (QED) is 0.624. The average Bonchev–Trinajstić information content (AvgIpc) is 2.47. The zero-order valence-corrected chi connectivity index (χ0v) is 11.5. The van der Waals surface area contributed by atoms with Crippen LogP contribution in [0.25, 0.3) is 21.9 Å². The van der Waals surface area contributed by atoms with Gasteiger partial charge in [0.25, 0.3) is 0 Å². The van der Waals surface area contributed by atoms with Crippen LogP contribution in [0.4, 0.5) is 8.78 Å². The van der Waals surface area contributed by atoms with Gasteiger partial charge >= 0.3 is 6.61 Å². The first-order valence-electron chi connectivity index (χ1n) is 6.67. The molecule has 0 saturated carbocycles. The molecule has 3 aromatic rings. The van der Waals surface area contributed by atoms with Crippen LogP contribution in [0.5, 0.6) is 5.75 Å². The Balaban J connectivity index is 1.94. The minimum Gasteiger partial charge on any atom is -0.435 e. The fourth-order valence-corrected chi connectivity index (χ4v) is 2.37. The van der Waals surface area contributed by atoms with Crippen LogP contribution in [0.2, 0.25) is 0 Å². The molecule has 0 amide bonds. The molecular weight excluding hydrogens is 270 g/mol. The lowest BCUT2D eigenvalue weighted by atomic mass is 10.0. The number of ether oxygens (including phenoxy) is 1. The number of hydrogen-bond donors (Lipinski definition) is 0. The average molecular weight is 284 g/mol. The monoisotopic (exact) mass is 284 g/mol. The minimum absolute atomic E-state index is 0.171. The van der Waals surface area contributed by atoms with Crippen molar-refractivity contribution in [2.24, 2.45) is 0 Å². The summed E-state index contributed by atoms with van der Waals surface area (Å²) in [6.45, 7) is -0.727. The highest BCUT2D eigenvalue weighted by molar-refractivity contribution is 5.87. The molecular formula is C18H14F2O. The van der Waals surface area contributed by atoms with E-state index in [2.05, 4.69) is 42.0 Å². The normalized spacial score (nSPS) is 11.0. The van der Waals surface area contributed by atoms with Crippen molar-refractivity contribution in [2.45, 2.75) is 13.5 Å². The van der Waals surface area contributed by atoms with Gasteiger partial charge in [-0.3, -0.25) is 0 Å². The molecule has 3 heteroatoms. The van der Waals surface area contributed by atoms with Gasteiger partial charge in [0, 0.05) is 0 Å². The highest BCUT2D eigenvalue weighted by atomic mass is 19.3. The number of fused-ring (bicyclic) bond motifs is 1. The fourth-order valence-electron chi connectivity index (χ4n) is 2.37. The van der Waals surface area contributed by atoms with Crippen LogP contribution < -0.4 is 4.74 Å². The summed E-state index contributed by atoms with van der Waals surface area (Å²) in [6, 6.07) is 19.2. The van der Waals surface area contributed by atoms with Gasteiger partial charge in [0.05, 0.1) is 0 Å². The SMILES string of the molecule is Cc1ccc2cc(-c3ccc(OC(F)F)cc3)ccc2c1. The summed E-state index contributed by atoms with van der Waals surface area (Å²) >= 11 is 0. The summed E-state index contributed by atoms with van der Waals surface area (Å²) in [7, 11) is 0. The van der Waals surface area contributed by atoms with E-state index < -0.39 is 6.61 Å². The first kappa shape index (κ1) is 13.6. The Kier molecular flexibility index (Phi) is 3.57. The zero-order valence-electron chi connectivity index (χ0n) is 11.5. The molecule has 0 radical (unpaired) electrons. The van der Waals surface area contributed by atoms with Crippen LogP contribution in [-0.2, 0) is 0 Å². The molecule has 0 aliphatic heterocycles. The van der Waals surface area contributed by atoms with Crippen LogP contribution in [0, 0.1) is 6.92 Å². The van der Waals surface area contributed by atoms with Crippen molar-refractivity contribution in [3.8, 4) is 16.9 Å². The molecule has 0 aliphatic rings. The smallest absolute Gasteiger partial charge is 0.387 e. The first-order valence-corrected chi connectivity index (χ1v) is 6.67. The molecule has 0 fully saturated rings. The van der Waals surface area contributed by atoms with E-state index in [1.54, 1.807) is 24.3 Å². The minimum atomic E-state index is -2.79. The molecule has 0 aromatic heterocycles. The Morgan fingerprint density at radius 2 is 1.38 bits per heavy atom. The molecule has 0 unspecified atom stereocenters. The van der Waals surface area contributed by atoms with Gasteiger partial charge in [-0.1, -0.05) is 48.0 Å². The topological polar surface area (TPSA) is 9.23 Å². The van der Waals surface area contributed by atoms with E-state index in [4.69, 9.17) is 0 Å². The second-order valence-corrected chi connectivity index (χ2v) is 4.97. The zero-order chi connectivity index (χ0) is 14.8. The lowest BCUT2D eigenvalue weighted by Gasteiger charge is -2.07. The maximum absolute atomic E-state index is 12.1. The Hall–Kier alpha value is -2.42. The lowest BCUT2D eigenvalue weighted by Crippen LogP contribution is -2.01. The van der Waals surface area contributed by atoms with E-state index in [0.717, 1.165) is 16.5 Å². The van der Waals surface area contributed by atoms with Crippen molar-refractivity contribution in [1.82, 2.24) is 0 Å². The maximum Gasteiger partial charge on any atom is 0.387 e. The fraction of sp³-hybridized carbons (Fsp3) is 0.111. The summed E-state index contributed by atoms with van der Waals surface area (Å²) in [5, 5.41) is 2.35. The van der Waals surface area contributed by atoms with Crippen molar-refractivity contribution in [2.75, 3.05) is 0 Å². The van der Waals surface area contributed by atoms with Gasteiger partial charge in [-0.25, -0.2) is 0 Å². The van der Waals surface area contributed by atoms with Gasteiger partial charge in [0.2, 0.25) is 0 Å². The van der Waals surface area contributed by atoms with E-state index in [-0.39, 0.29) is 5.75 Å². The van der Waals surface area contributed by atoms with Crippen molar-refractivity contribution >= 4 is 10.8 Å². The standard InChI is InChI=1S/C18H14F2O/c1-12-2-3-16-11-15(5-4-14(16)10-12)13-6-8-17(9-7-13)21-18(19)20/h2-11,18H,1H3. The molecule has 3 rings (SSSR count). The van der Waals surface area contributed by atoms with Gasteiger partial charge in [-0.15, -0.1) is 0 Å². The van der Waals surface area contributed by atoms with E-state index in [1.165, 1.54) is 10.9 Å². The van der Waals surface area contributed by atoms with Crippen molar-refractivity contribution in [1.29, 1.82) is 0 Å². The van der Waals surface area contributed by atoms with Crippen molar-refractivity contribution in [3.05, 3.63) is 66.2 Å². The Labute approximate surface area is 121 Å². The lowest BCUT2D eigenvalue weighted by molar-refractivity contribution is -0.0498. The molecule has 3 aromatic carbocycles. The van der Waals surface area contributed by atoms with E-state index in [1.807, 2.05) is 6.07 Å². The Bertz CT molecular complexity index is 764. The number of alkyl halides is 2. The summed E-state index contributed by atoms with van der Waals surface area (Å²) in [6.07, 6.45) is 0. The third-order valence-corrected chi connectivity index (χ3v) is 3.41. The van der Waals surface area contributed by atoms with Crippen LogP contribution in [0.15, 0.2) is 60.7 Å². The molecule has 0 saturated heterocycles. The summed E-state index contributed by atoms with van der Waals surface area (Å²) in [5.74, 6) is 0.171. The number of hydrogen-bond acceptors (Lipinski definition) is 1. The third kappa shape index (κ3) is 3.02. The Morgan fingerprint density at radius 3 is 2.10 bits per heavy atom. The molecule has 21 heavy (non-hydrogen) atoms. The molecule has 0 heterocycles. The van der Waals surface area contributed by atoms with Crippen molar-refractivity contribution in [3.63, 3.8) is 0 Å². The number of benzene rings is 3. The Morgan fingerprint density at radius 1 is 0.762 bits per heavy atom. The molecule has 0 atom stereocenters. The number of aryl methyl sites for hydroxylation is 1. The van der Waals surface area contributed by atoms with Crippen LogP contribution in [-0.4, -0.2) is 6.61 Å². The predicted octanol–water partition coefficient (Wildman–Crippen LogP) is 5.42. The van der Waals surface area contributed by atoms with Crippen LogP contribution in [0.3, 0.4) is 0 Å².